The highest BCUT2D eigenvalue weighted by Crippen LogP contribution is 2.09. The normalized spacial score (nSPS) is 11.9. The van der Waals surface area contributed by atoms with Gasteiger partial charge in [0.2, 0.25) is 0 Å². The van der Waals surface area contributed by atoms with E-state index in [4.69, 9.17) is 4.74 Å². The monoisotopic (exact) mass is 387 g/mol. The number of alkyl carbamates (subject to hydrolysis) is 1. The maximum Gasteiger partial charge on any atom is 0.407 e. The zero-order valence-corrected chi connectivity index (χ0v) is 17.1. The number of allylic oxidation sites excluding steroid dienone is 1. The summed E-state index contributed by atoms with van der Waals surface area (Å²) >= 11 is 0. The van der Waals surface area contributed by atoms with E-state index in [0.717, 1.165) is 24.8 Å². The van der Waals surface area contributed by atoms with Crippen LogP contribution in [0.1, 0.15) is 70.8 Å². The van der Waals surface area contributed by atoms with Crippen molar-refractivity contribution in [3.63, 3.8) is 0 Å². The second-order valence-electron chi connectivity index (χ2n) is 7.04. The summed E-state index contributed by atoms with van der Waals surface area (Å²) in [6.45, 7) is 3.85. The summed E-state index contributed by atoms with van der Waals surface area (Å²) in [6, 6.07) is 9.23. The van der Waals surface area contributed by atoms with Crippen molar-refractivity contribution in [1.82, 2.24) is 5.32 Å². The van der Waals surface area contributed by atoms with Crippen molar-refractivity contribution in [2.45, 2.75) is 77.9 Å². The fourth-order valence-corrected chi connectivity index (χ4v) is 2.71. The molecule has 1 unspecified atom stereocenters. The van der Waals surface area contributed by atoms with Crippen LogP contribution in [-0.2, 0) is 20.9 Å². The van der Waals surface area contributed by atoms with Crippen molar-refractivity contribution in [3.8, 4) is 0 Å². The maximum absolute atomic E-state index is 12.1. The molecule has 0 saturated heterocycles. The first-order valence-electron chi connectivity index (χ1n) is 10.2. The molecular weight excluding hydrogens is 354 g/mol. The molecule has 1 aromatic carbocycles. The van der Waals surface area contributed by atoms with Crippen LogP contribution in [0.4, 0.5) is 4.79 Å². The van der Waals surface area contributed by atoms with Crippen molar-refractivity contribution < 1.29 is 19.1 Å². The Bertz CT molecular complexity index is 625. The van der Waals surface area contributed by atoms with Gasteiger partial charge in [0.1, 0.15) is 12.4 Å². The third kappa shape index (κ3) is 12.0. The molecule has 0 aromatic heterocycles. The first-order chi connectivity index (χ1) is 13.5. The summed E-state index contributed by atoms with van der Waals surface area (Å²) < 4.78 is 5.28. The number of ketones is 2. The summed E-state index contributed by atoms with van der Waals surface area (Å²) in [4.78, 5) is 35.0. The Kier molecular flexibility index (Phi) is 12.3. The van der Waals surface area contributed by atoms with Crippen LogP contribution in [0.15, 0.2) is 42.5 Å². The Morgan fingerprint density at radius 2 is 1.75 bits per heavy atom. The lowest BCUT2D eigenvalue weighted by Gasteiger charge is -2.15. The van der Waals surface area contributed by atoms with Gasteiger partial charge in [0.15, 0.2) is 5.78 Å². The van der Waals surface area contributed by atoms with Gasteiger partial charge < -0.3 is 14.8 Å². The average Bonchev–Trinajstić information content (AvgIpc) is 2.69. The Balaban J connectivity index is 2.51. The third-order valence-electron chi connectivity index (χ3n) is 4.37. The van der Waals surface area contributed by atoms with Gasteiger partial charge in [0.25, 0.3) is 0 Å². The molecule has 1 atom stereocenters. The van der Waals surface area contributed by atoms with Crippen molar-refractivity contribution in [3.05, 3.63) is 48.0 Å². The molecule has 0 saturated carbocycles. The zero-order chi connectivity index (χ0) is 20.6. The minimum Gasteiger partial charge on any atom is -0.445 e. The van der Waals surface area contributed by atoms with Crippen molar-refractivity contribution in [2.24, 2.45) is 0 Å². The van der Waals surface area contributed by atoms with Gasteiger partial charge in [0, 0.05) is 12.8 Å². The van der Waals surface area contributed by atoms with Crippen LogP contribution in [0.2, 0.25) is 0 Å². The van der Waals surface area contributed by atoms with Gasteiger partial charge in [-0.25, -0.2) is 4.79 Å². The summed E-state index contributed by atoms with van der Waals surface area (Å²) in [7, 11) is 0. The lowest BCUT2D eigenvalue weighted by Crippen LogP contribution is -2.34. The summed E-state index contributed by atoms with van der Waals surface area (Å²) in [5, 5.41) is 2.83. The molecule has 154 valence electrons. The Labute approximate surface area is 168 Å². The molecular formula is C23H33NO4. The second-order valence-corrected chi connectivity index (χ2v) is 7.04. The second kappa shape index (κ2) is 14.6. The zero-order valence-electron chi connectivity index (χ0n) is 17.1. The van der Waals surface area contributed by atoms with Crippen molar-refractivity contribution in [2.75, 3.05) is 0 Å². The number of rotatable bonds is 14. The van der Waals surface area contributed by atoms with Gasteiger partial charge in [-0.3, -0.25) is 4.79 Å². The van der Waals surface area contributed by atoms with E-state index in [1.54, 1.807) is 6.08 Å². The van der Waals surface area contributed by atoms with E-state index in [0.29, 0.717) is 0 Å². The number of benzene rings is 1. The first-order valence-corrected chi connectivity index (χ1v) is 10.2. The van der Waals surface area contributed by atoms with Crippen LogP contribution >= 0.6 is 0 Å². The Hall–Kier alpha value is -2.43. The molecule has 5 heteroatoms. The van der Waals surface area contributed by atoms with Crippen molar-refractivity contribution in [1.29, 1.82) is 0 Å². The van der Waals surface area contributed by atoms with Gasteiger partial charge >= 0.3 is 6.09 Å². The fraction of sp³-hybridized carbons (Fsp3) is 0.522. The maximum atomic E-state index is 12.1. The molecule has 1 aromatic rings. The smallest absolute Gasteiger partial charge is 0.407 e. The number of ether oxygens (including phenoxy) is 1. The number of amides is 1. The van der Waals surface area contributed by atoms with Gasteiger partial charge in [-0.05, 0) is 25.0 Å². The summed E-state index contributed by atoms with van der Waals surface area (Å²) in [5.74, 6) is -0.109. The Morgan fingerprint density at radius 1 is 1.04 bits per heavy atom. The van der Waals surface area contributed by atoms with Gasteiger partial charge in [-0.2, -0.15) is 0 Å². The number of nitrogens with one attached hydrogen (secondary N) is 1. The van der Waals surface area contributed by atoms with E-state index in [1.807, 2.05) is 30.3 Å². The number of hydrogen-bond donors (Lipinski definition) is 1. The van der Waals surface area contributed by atoms with Gasteiger partial charge in [-0.1, -0.05) is 75.4 Å². The predicted molar refractivity (Wildman–Crippen MR) is 111 cm³/mol. The van der Waals surface area contributed by atoms with E-state index in [9.17, 15) is 14.4 Å². The Morgan fingerprint density at radius 3 is 2.43 bits per heavy atom. The van der Waals surface area contributed by atoms with Crippen LogP contribution in [0.5, 0.6) is 0 Å². The van der Waals surface area contributed by atoms with Gasteiger partial charge in [0.05, 0.1) is 6.04 Å². The molecule has 0 spiro atoms. The van der Waals surface area contributed by atoms with E-state index in [1.165, 1.54) is 32.3 Å². The van der Waals surface area contributed by atoms with Crippen LogP contribution in [-0.4, -0.2) is 23.7 Å². The molecule has 0 fully saturated rings. The summed E-state index contributed by atoms with van der Waals surface area (Å²) in [6.07, 6.45) is 9.50. The summed E-state index contributed by atoms with van der Waals surface area (Å²) in [5.41, 5.74) is 0.920. The molecule has 0 aliphatic heterocycles. The molecule has 1 N–H and O–H groups in total. The lowest BCUT2D eigenvalue weighted by molar-refractivity contribution is -0.120. The van der Waals surface area contributed by atoms with Crippen LogP contribution in [0.25, 0.3) is 0 Å². The molecule has 1 amide bonds. The van der Waals surface area contributed by atoms with E-state index in [-0.39, 0.29) is 37.1 Å². The molecule has 0 aliphatic carbocycles. The average molecular weight is 388 g/mol. The number of hydrogen-bond acceptors (Lipinski definition) is 4. The highest BCUT2D eigenvalue weighted by molar-refractivity contribution is 5.92. The molecule has 28 heavy (non-hydrogen) atoms. The molecule has 0 heterocycles. The van der Waals surface area contributed by atoms with E-state index < -0.39 is 6.09 Å². The molecule has 0 bridgehead atoms. The third-order valence-corrected chi connectivity index (χ3v) is 4.37. The van der Waals surface area contributed by atoms with Crippen LogP contribution in [0.3, 0.4) is 0 Å². The number of Topliss-reactive ketones (excluding diaryl/α,β-unsaturated/α-hetero) is 1. The highest BCUT2D eigenvalue weighted by atomic mass is 16.5. The number of unbranched alkanes of at least 4 members (excludes halogenated alkanes) is 4. The van der Waals surface area contributed by atoms with Crippen LogP contribution < -0.4 is 5.32 Å². The SMILES string of the molecule is CCCCCCCC(C=CC(=O)CCC(C)=O)NC(=O)OCc1ccccc1. The van der Waals surface area contributed by atoms with E-state index in [2.05, 4.69) is 12.2 Å². The predicted octanol–water partition coefficient (Wildman–Crippen LogP) is 5.14. The van der Waals surface area contributed by atoms with Gasteiger partial charge in [-0.15, -0.1) is 0 Å². The minimum absolute atomic E-state index is 0.00293. The highest BCUT2D eigenvalue weighted by Gasteiger charge is 2.11. The molecule has 1 rings (SSSR count). The fourth-order valence-electron chi connectivity index (χ4n) is 2.71. The first kappa shape index (κ1) is 23.6. The van der Waals surface area contributed by atoms with Crippen molar-refractivity contribution >= 4 is 17.7 Å². The lowest BCUT2D eigenvalue weighted by atomic mass is 10.0. The minimum atomic E-state index is -0.497. The topological polar surface area (TPSA) is 72.5 Å². The molecule has 5 nitrogen and oxygen atoms in total. The largest absolute Gasteiger partial charge is 0.445 e. The van der Waals surface area contributed by atoms with E-state index >= 15 is 0 Å². The number of carbonyl (C=O) groups is 3. The van der Waals surface area contributed by atoms with Crippen LogP contribution in [0, 0.1) is 0 Å². The standard InChI is InChI=1S/C23H33NO4/c1-3-4-5-6-10-13-21(15-17-22(26)16-14-19(2)25)24-23(27)28-18-20-11-8-7-9-12-20/h7-9,11-12,15,17,21H,3-6,10,13-14,16,18H2,1-2H3,(H,24,27). The quantitative estimate of drug-likeness (QED) is 0.354. The molecule has 0 aliphatic rings. The number of carbonyl (C=O) groups excluding carboxylic acids is 3. The molecule has 0 radical (unpaired) electrons.